The second kappa shape index (κ2) is 5.59. The zero-order valence-corrected chi connectivity index (χ0v) is 11.8. The normalized spacial score (nSPS) is 27.0. The largest absolute Gasteiger partial charge is 0.377 e. The molecule has 1 fully saturated rings. The molecule has 1 aromatic carbocycles. The van der Waals surface area contributed by atoms with E-state index in [0.717, 1.165) is 18.4 Å². The van der Waals surface area contributed by atoms with E-state index in [1.165, 1.54) is 6.42 Å². The van der Waals surface area contributed by atoms with Gasteiger partial charge in [0, 0.05) is 12.1 Å². The van der Waals surface area contributed by atoms with Crippen LogP contribution in [0.15, 0.2) is 18.2 Å². The fourth-order valence-corrected chi connectivity index (χ4v) is 3.26. The second-order valence-corrected chi connectivity index (χ2v) is 5.98. The van der Waals surface area contributed by atoms with Crippen LogP contribution in [0.3, 0.4) is 0 Å². The Balaban J connectivity index is 2.21. The average molecular weight is 262 g/mol. The molecule has 104 valence electrons. The molecule has 0 amide bonds. The SMILES string of the molecule is Cc1cccc([N+](=O)[O-])c1NC1CC(C)CC(C)C1. The van der Waals surface area contributed by atoms with E-state index in [9.17, 15) is 10.1 Å². The van der Waals surface area contributed by atoms with Crippen LogP contribution in [-0.2, 0) is 0 Å². The van der Waals surface area contributed by atoms with Crippen LogP contribution in [0.25, 0.3) is 0 Å². The summed E-state index contributed by atoms with van der Waals surface area (Å²) in [7, 11) is 0. The number of nitro groups is 1. The van der Waals surface area contributed by atoms with Crippen LogP contribution < -0.4 is 5.32 Å². The first-order chi connectivity index (χ1) is 8.97. The predicted octanol–water partition coefficient (Wildman–Crippen LogP) is 4.14. The van der Waals surface area contributed by atoms with Crippen LogP contribution in [0, 0.1) is 28.9 Å². The summed E-state index contributed by atoms with van der Waals surface area (Å²) in [4.78, 5) is 10.8. The van der Waals surface area contributed by atoms with Gasteiger partial charge in [-0.1, -0.05) is 26.0 Å². The van der Waals surface area contributed by atoms with Crippen molar-refractivity contribution in [3.05, 3.63) is 33.9 Å². The summed E-state index contributed by atoms with van der Waals surface area (Å²) in [6.45, 7) is 6.44. The Morgan fingerprint density at radius 2 is 1.84 bits per heavy atom. The summed E-state index contributed by atoms with van der Waals surface area (Å²) in [6, 6.07) is 5.58. The summed E-state index contributed by atoms with van der Waals surface area (Å²) >= 11 is 0. The molecule has 2 rings (SSSR count). The fourth-order valence-electron chi connectivity index (χ4n) is 3.26. The van der Waals surface area contributed by atoms with Crippen LogP contribution in [0.4, 0.5) is 11.4 Å². The van der Waals surface area contributed by atoms with E-state index in [4.69, 9.17) is 0 Å². The lowest BCUT2D eigenvalue weighted by Gasteiger charge is -2.32. The van der Waals surface area contributed by atoms with E-state index in [-0.39, 0.29) is 10.6 Å². The van der Waals surface area contributed by atoms with Gasteiger partial charge in [-0.2, -0.15) is 0 Å². The van der Waals surface area contributed by atoms with Crippen LogP contribution >= 0.6 is 0 Å². The van der Waals surface area contributed by atoms with E-state index < -0.39 is 0 Å². The molecule has 1 aliphatic rings. The van der Waals surface area contributed by atoms with Crippen molar-refractivity contribution in [3.63, 3.8) is 0 Å². The average Bonchev–Trinajstić information content (AvgIpc) is 2.30. The number of hydrogen-bond donors (Lipinski definition) is 1. The Hall–Kier alpha value is -1.58. The maximum absolute atomic E-state index is 11.1. The lowest BCUT2D eigenvalue weighted by atomic mass is 9.80. The molecule has 1 N–H and O–H groups in total. The molecular weight excluding hydrogens is 240 g/mol. The van der Waals surface area contributed by atoms with Crippen molar-refractivity contribution >= 4 is 11.4 Å². The van der Waals surface area contributed by atoms with Gasteiger partial charge < -0.3 is 5.32 Å². The number of hydrogen-bond acceptors (Lipinski definition) is 3. The highest BCUT2D eigenvalue weighted by Crippen LogP contribution is 2.34. The number of nitro benzene ring substituents is 1. The monoisotopic (exact) mass is 262 g/mol. The van der Waals surface area contributed by atoms with Gasteiger partial charge in [-0.15, -0.1) is 0 Å². The van der Waals surface area contributed by atoms with E-state index in [0.29, 0.717) is 23.6 Å². The minimum Gasteiger partial charge on any atom is -0.377 e. The molecule has 0 heterocycles. The van der Waals surface area contributed by atoms with Gasteiger partial charge >= 0.3 is 0 Å². The molecule has 0 radical (unpaired) electrons. The molecule has 0 spiro atoms. The highest BCUT2D eigenvalue weighted by molar-refractivity contribution is 5.66. The van der Waals surface area contributed by atoms with E-state index >= 15 is 0 Å². The highest BCUT2D eigenvalue weighted by atomic mass is 16.6. The van der Waals surface area contributed by atoms with Crippen molar-refractivity contribution in [3.8, 4) is 0 Å². The third-order valence-corrected chi connectivity index (χ3v) is 3.97. The molecule has 19 heavy (non-hydrogen) atoms. The molecule has 1 saturated carbocycles. The standard InChI is InChI=1S/C15H22N2O2/c1-10-7-11(2)9-13(8-10)16-15-12(3)5-4-6-14(15)17(18)19/h4-6,10-11,13,16H,7-9H2,1-3H3. The topological polar surface area (TPSA) is 55.2 Å². The number of benzene rings is 1. The summed E-state index contributed by atoms with van der Waals surface area (Å²) in [5, 5.41) is 14.5. The van der Waals surface area contributed by atoms with Crippen LogP contribution in [-0.4, -0.2) is 11.0 Å². The molecule has 4 nitrogen and oxygen atoms in total. The maximum Gasteiger partial charge on any atom is 0.292 e. The van der Waals surface area contributed by atoms with E-state index in [1.807, 2.05) is 13.0 Å². The summed E-state index contributed by atoms with van der Waals surface area (Å²) in [6.07, 6.45) is 3.44. The van der Waals surface area contributed by atoms with Crippen molar-refractivity contribution < 1.29 is 4.92 Å². The van der Waals surface area contributed by atoms with Crippen LogP contribution in [0.5, 0.6) is 0 Å². The Kier molecular flexibility index (Phi) is 4.08. The van der Waals surface area contributed by atoms with Gasteiger partial charge in [0.2, 0.25) is 0 Å². The first kappa shape index (κ1) is 13.8. The van der Waals surface area contributed by atoms with Gasteiger partial charge in [-0.3, -0.25) is 10.1 Å². The highest BCUT2D eigenvalue weighted by Gasteiger charge is 2.26. The van der Waals surface area contributed by atoms with Crippen molar-refractivity contribution in [1.29, 1.82) is 0 Å². The van der Waals surface area contributed by atoms with Gasteiger partial charge in [0.25, 0.3) is 5.69 Å². The first-order valence-electron chi connectivity index (χ1n) is 6.98. The zero-order chi connectivity index (χ0) is 14.0. The lowest BCUT2D eigenvalue weighted by Crippen LogP contribution is -2.30. The summed E-state index contributed by atoms with van der Waals surface area (Å²) in [5.74, 6) is 1.37. The van der Waals surface area contributed by atoms with Gasteiger partial charge in [0.1, 0.15) is 5.69 Å². The maximum atomic E-state index is 11.1. The third kappa shape index (κ3) is 3.25. The Morgan fingerprint density at radius 1 is 1.21 bits per heavy atom. The number of para-hydroxylation sites is 1. The fraction of sp³-hybridized carbons (Fsp3) is 0.600. The van der Waals surface area contributed by atoms with Gasteiger partial charge in [0.05, 0.1) is 4.92 Å². The van der Waals surface area contributed by atoms with Crippen molar-refractivity contribution in [2.45, 2.75) is 46.1 Å². The second-order valence-electron chi connectivity index (χ2n) is 5.98. The molecule has 4 heteroatoms. The molecule has 0 bridgehead atoms. The van der Waals surface area contributed by atoms with Gasteiger partial charge in [-0.25, -0.2) is 0 Å². The molecule has 1 aliphatic carbocycles. The zero-order valence-electron chi connectivity index (χ0n) is 11.8. The molecular formula is C15H22N2O2. The van der Waals surface area contributed by atoms with Crippen molar-refractivity contribution in [2.75, 3.05) is 5.32 Å². The van der Waals surface area contributed by atoms with Gasteiger partial charge in [0.15, 0.2) is 0 Å². The lowest BCUT2D eigenvalue weighted by molar-refractivity contribution is -0.384. The van der Waals surface area contributed by atoms with E-state index in [2.05, 4.69) is 19.2 Å². The minimum atomic E-state index is -0.301. The summed E-state index contributed by atoms with van der Waals surface area (Å²) in [5.41, 5.74) is 1.82. The number of nitrogens with one attached hydrogen (secondary N) is 1. The molecule has 0 aliphatic heterocycles. The van der Waals surface area contributed by atoms with Crippen molar-refractivity contribution in [1.82, 2.24) is 0 Å². The number of nitrogens with zero attached hydrogens (tertiary/aromatic N) is 1. The minimum absolute atomic E-state index is 0.186. The Morgan fingerprint density at radius 3 is 2.42 bits per heavy atom. The molecule has 2 unspecified atom stereocenters. The van der Waals surface area contributed by atoms with Crippen LogP contribution in [0.2, 0.25) is 0 Å². The Labute approximate surface area is 114 Å². The molecule has 1 aromatic rings. The molecule has 2 atom stereocenters. The van der Waals surface area contributed by atoms with Crippen molar-refractivity contribution in [2.24, 2.45) is 11.8 Å². The van der Waals surface area contributed by atoms with Gasteiger partial charge in [-0.05, 0) is 43.6 Å². The quantitative estimate of drug-likeness (QED) is 0.658. The third-order valence-electron chi connectivity index (χ3n) is 3.97. The number of anilines is 1. The molecule has 0 aromatic heterocycles. The number of rotatable bonds is 3. The van der Waals surface area contributed by atoms with E-state index in [1.54, 1.807) is 12.1 Å². The smallest absolute Gasteiger partial charge is 0.292 e. The van der Waals surface area contributed by atoms with Crippen LogP contribution in [0.1, 0.15) is 38.7 Å². The first-order valence-corrected chi connectivity index (χ1v) is 6.98. The number of aryl methyl sites for hydroxylation is 1. The Bertz CT molecular complexity index is 463. The predicted molar refractivity (Wildman–Crippen MR) is 77.4 cm³/mol. The molecule has 0 saturated heterocycles. The summed E-state index contributed by atoms with van der Waals surface area (Å²) < 4.78 is 0.